The van der Waals surface area contributed by atoms with Gasteiger partial charge in [-0.05, 0) is 97.3 Å². The van der Waals surface area contributed by atoms with Crippen molar-refractivity contribution >= 4 is 5.69 Å². The predicted molar refractivity (Wildman–Crippen MR) is 145 cm³/mol. The van der Waals surface area contributed by atoms with Crippen LogP contribution in [0.15, 0.2) is 91.3 Å². The third-order valence-electron chi connectivity index (χ3n) is 6.94. The van der Waals surface area contributed by atoms with E-state index in [0.717, 1.165) is 41.9 Å². The summed E-state index contributed by atoms with van der Waals surface area (Å²) in [7, 11) is 1.68. The Morgan fingerprint density at radius 3 is 2.13 bits per heavy atom. The lowest BCUT2D eigenvalue weighted by Gasteiger charge is -2.22. The molecule has 7 heteroatoms. The highest BCUT2D eigenvalue weighted by Crippen LogP contribution is 2.38. The number of nitro benzene ring substituents is 1. The fourth-order valence-electron chi connectivity index (χ4n) is 4.91. The lowest BCUT2D eigenvalue weighted by Crippen LogP contribution is -2.12. The van der Waals surface area contributed by atoms with Crippen molar-refractivity contribution in [3.63, 3.8) is 0 Å². The largest absolute Gasteiger partial charge is 0.493 e. The second-order valence-corrected chi connectivity index (χ2v) is 9.47. The number of nitro groups is 1. The van der Waals surface area contributed by atoms with E-state index in [1.165, 1.54) is 30.5 Å². The van der Waals surface area contributed by atoms with Crippen molar-refractivity contribution in [2.45, 2.75) is 44.1 Å². The van der Waals surface area contributed by atoms with E-state index in [1.54, 1.807) is 19.2 Å². The summed E-state index contributed by atoms with van der Waals surface area (Å²) in [5.74, 6) is 2.80. The third kappa shape index (κ3) is 6.11. The molecule has 1 saturated carbocycles. The number of hydrogen-bond acceptors (Lipinski definition) is 6. The molecule has 0 unspecified atom stereocenters. The Morgan fingerprint density at radius 2 is 1.50 bits per heavy atom. The molecule has 7 nitrogen and oxygen atoms in total. The zero-order chi connectivity index (χ0) is 26.3. The summed E-state index contributed by atoms with van der Waals surface area (Å²) in [6, 6.07) is 24.3. The van der Waals surface area contributed by atoms with Gasteiger partial charge >= 0.3 is 0 Å². The van der Waals surface area contributed by atoms with Crippen LogP contribution in [0, 0.1) is 10.1 Å². The van der Waals surface area contributed by atoms with Crippen molar-refractivity contribution in [2.24, 2.45) is 0 Å². The molecule has 5 rings (SSSR count). The predicted octanol–water partition coefficient (Wildman–Crippen LogP) is 7.49. The van der Waals surface area contributed by atoms with Crippen LogP contribution >= 0.6 is 0 Å². The van der Waals surface area contributed by atoms with E-state index >= 15 is 0 Å². The molecular weight excluding hydrogens is 480 g/mol. The van der Waals surface area contributed by atoms with Crippen molar-refractivity contribution in [1.82, 2.24) is 4.98 Å². The zero-order valence-corrected chi connectivity index (χ0v) is 21.3. The molecule has 1 aliphatic rings. The Labute approximate surface area is 222 Å². The number of rotatable bonds is 10. The smallest absolute Gasteiger partial charge is 0.269 e. The van der Waals surface area contributed by atoms with Crippen molar-refractivity contribution < 1.29 is 19.1 Å². The molecule has 194 valence electrons. The van der Waals surface area contributed by atoms with Crippen LogP contribution in [0.1, 0.15) is 48.3 Å². The van der Waals surface area contributed by atoms with Crippen molar-refractivity contribution in [1.29, 1.82) is 0 Å². The first kappa shape index (κ1) is 25.3. The van der Waals surface area contributed by atoms with Crippen molar-refractivity contribution in [3.05, 3.63) is 118 Å². The third-order valence-corrected chi connectivity index (χ3v) is 6.94. The molecule has 1 fully saturated rings. The average molecular weight is 511 g/mol. The zero-order valence-electron chi connectivity index (χ0n) is 21.3. The number of aromatic nitrogens is 1. The van der Waals surface area contributed by atoms with Gasteiger partial charge in [0.15, 0.2) is 11.5 Å². The van der Waals surface area contributed by atoms with E-state index in [4.69, 9.17) is 14.2 Å². The Bertz CT molecular complexity index is 1350. The van der Waals surface area contributed by atoms with Gasteiger partial charge < -0.3 is 14.2 Å². The highest BCUT2D eigenvalue weighted by molar-refractivity contribution is 5.48. The first-order chi connectivity index (χ1) is 18.6. The summed E-state index contributed by atoms with van der Waals surface area (Å²) in [4.78, 5) is 14.7. The van der Waals surface area contributed by atoms with Crippen LogP contribution in [0.2, 0.25) is 0 Å². The molecule has 0 N–H and O–H groups in total. The second-order valence-electron chi connectivity index (χ2n) is 9.47. The number of pyridine rings is 1. The summed E-state index contributed by atoms with van der Waals surface area (Å²) in [5, 5.41) is 10.9. The van der Waals surface area contributed by atoms with E-state index in [0.29, 0.717) is 11.5 Å². The van der Waals surface area contributed by atoms with Crippen LogP contribution in [-0.4, -0.2) is 23.1 Å². The van der Waals surface area contributed by atoms with Crippen LogP contribution in [0.25, 0.3) is 0 Å². The van der Waals surface area contributed by atoms with Crippen molar-refractivity contribution in [3.8, 4) is 23.0 Å². The van der Waals surface area contributed by atoms with Crippen LogP contribution in [0.4, 0.5) is 5.69 Å². The summed E-state index contributed by atoms with van der Waals surface area (Å²) < 4.78 is 17.9. The fourth-order valence-corrected chi connectivity index (χ4v) is 4.91. The van der Waals surface area contributed by atoms with Crippen LogP contribution in [-0.2, 0) is 6.42 Å². The molecule has 1 heterocycles. The molecule has 0 radical (unpaired) electrons. The van der Waals surface area contributed by atoms with Gasteiger partial charge in [0.1, 0.15) is 11.5 Å². The highest BCUT2D eigenvalue weighted by Gasteiger charge is 2.22. The molecule has 1 aromatic heterocycles. The maximum Gasteiger partial charge on any atom is 0.269 e. The molecule has 3 aromatic carbocycles. The van der Waals surface area contributed by atoms with Crippen LogP contribution < -0.4 is 14.2 Å². The summed E-state index contributed by atoms with van der Waals surface area (Å²) in [6.45, 7) is 0. The standard InChI is InChI=1S/C31H30N2O5/c1-36-30-15-8-24(21-31(30)38-26-4-2-3-5-26)29(20-22-16-18-32-19-17-22)23-6-11-27(12-7-23)37-28-13-9-25(10-14-28)33(34)35/h6-19,21,26,29H,2-5,20H2,1H3/t29-/m1/s1. The van der Waals surface area contributed by atoms with Gasteiger partial charge in [-0.25, -0.2) is 0 Å². The van der Waals surface area contributed by atoms with Gasteiger partial charge in [0.25, 0.3) is 5.69 Å². The molecule has 38 heavy (non-hydrogen) atoms. The first-order valence-corrected chi connectivity index (χ1v) is 12.8. The average Bonchev–Trinajstić information content (AvgIpc) is 3.46. The van der Waals surface area contributed by atoms with Crippen LogP contribution in [0.3, 0.4) is 0 Å². The van der Waals surface area contributed by atoms with Crippen LogP contribution in [0.5, 0.6) is 23.0 Å². The number of nitrogens with zero attached hydrogens (tertiary/aromatic N) is 2. The topological polar surface area (TPSA) is 83.7 Å². The monoisotopic (exact) mass is 510 g/mol. The van der Waals surface area contributed by atoms with Gasteiger partial charge in [-0.15, -0.1) is 0 Å². The summed E-state index contributed by atoms with van der Waals surface area (Å²) >= 11 is 0. The maximum atomic E-state index is 10.9. The van der Waals surface area contributed by atoms with Gasteiger partial charge in [-0.3, -0.25) is 15.1 Å². The van der Waals surface area contributed by atoms with Gasteiger partial charge in [-0.1, -0.05) is 18.2 Å². The Hall–Kier alpha value is -4.39. The maximum absolute atomic E-state index is 10.9. The second kappa shape index (κ2) is 11.8. The van der Waals surface area contributed by atoms with Gasteiger partial charge in [0, 0.05) is 30.4 Å². The van der Waals surface area contributed by atoms with Gasteiger partial charge in [0.05, 0.1) is 18.1 Å². The lowest BCUT2D eigenvalue weighted by molar-refractivity contribution is -0.384. The number of ether oxygens (including phenoxy) is 3. The number of benzene rings is 3. The Morgan fingerprint density at radius 1 is 0.868 bits per heavy atom. The molecule has 0 spiro atoms. The molecule has 0 bridgehead atoms. The lowest BCUT2D eigenvalue weighted by atomic mass is 9.86. The minimum Gasteiger partial charge on any atom is -0.493 e. The Balaban J connectivity index is 1.42. The van der Waals surface area contributed by atoms with Crippen molar-refractivity contribution in [2.75, 3.05) is 7.11 Å². The Kier molecular flexibility index (Phi) is 7.83. The number of hydrogen-bond donors (Lipinski definition) is 0. The molecule has 4 aromatic rings. The van der Waals surface area contributed by atoms with Gasteiger partial charge in [0.2, 0.25) is 0 Å². The first-order valence-electron chi connectivity index (χ1n) is 12.8. The number of methoxy groups -OCH3 is 1. The van der Waals surface area contributed by atoms with E-state index in [9.17, 15) is 10.1 Å². The molecule has 0 saturated heterocycles. The molecule has 1 aliphatic carbocycles. The summed E-state index contributed by atoms with van der Waals surface area (Å²) in [6.07, 6.45) is 9.20. The quantitative estimate of drug-likeness (QED) is 0.162. The summed E-state index contributed by atoms with van der Waals surface area (Å²) in [5.41, 5.74) is 3.49. The normalized spacial score (nSPS) is 14.1. The van der Waals surface area contributed by atoms with E-state index in [-0.39, 0.29) is 17.7 Å². The number of non-ortho nitro benzene ring substituents is 1. The molecule has 1 atom stereocenters. The van der Waals surface area contributed by atoms with E-state index in [1.807, 2.05) is 42.7 Å². The highest BCUT2D eigenvalue weighted by atomic mass is 16.6. The molecule has 0 amide bonds. The minimum atomic E-state index is -0.426. The molecule has 0 aliphatic heterocycles. The SMILES string of the molecule is COc1ccc([C@H](Cc2ccncc2)c2ccc(Oc3ccc([N+](=O)[O-])cc3)cc2)cc1OC1CCCC1. The van der Waals surface area contributed by atoms with E-state index < -0.39 is 4.92 Å². The molecular formula is C31H30N2O5. The fraction of sp³-hybridized carbons (Fsp3) is 0.258. The van der Waals surface area contributed by atoms with E-state index in [2.05, 4.69) is 29.2 Å². The van der Waals surface area contributed by atoms with Gasteiger partial charge in [-0.2, -0.15) is 0 Å². The minimum absolute atomic E-state index is 0.0300.